The molecule has 2 N–H and O–H groups in total. The number of rotatable bonds is 6. The number of hydrogen-bond acceptors (Lipinski definition) is 4. The first kappa shape index (κ1) is 18.9. The summed E-state index contributed by atoms with van der Waals surface area (Å²) in [6.07, 6.45) is 6.45. The molecule has 6 heteroatoms. The van der Waals surface area contributed by atoms with Crippen LogP contribution in [0.3, 0.4) is 0 Å². The fraction of sp³-hybridized carbons (Fsp3) is 0.409. The normalized spacial score (nSPS) is 13.6. The van der Waals surface area contributed by atoms with Crippen LogP contribution in [0.25, 0.3) is 21.3 Å². The second-order valence-electron chi connectivity index (χ2n) is 7.47. The molecule has 2 aromatic heterocycles. The monoisotopic (exact) mass is 395 g/mol. The molecule has 1 aliphatic rings. The molecule has 1 amide bonds. The first-order valence-electron chi connectivity index (χ1n) is 10.00. The summed E-state index contributed by atoms with van der Waals surface area (Å²) >= 11 is 1.52. The van der Waals surface area contributed by atoms with E-state index < -0.39 is 5.91 Å². The Morgan fingerprint density at radius 1 is 1.25 bits per heavy atom. The summed E-state index contributed by atoms with van der Waals surface area (Å²) < 4.78 is 1.64. The molecular formula is C22H25N3O2S. The first-order valence-corrected chi connectivity index (χ1v) is 10.9. The van der Waals surface area contributed by atoms with Crippen LogP contribution in [-0.4, -0.2) is 15.5 Å². The number of benzene rings is 1. The molecule has 146 valence electrons. The van der Waals surface area contributed by atoms with E-state index in [1.807, 2.05) is 5.38 Å². The van der Waals surface area contributed by atoms with E-state index in [-0.39, 0.29) is 18.5 Å². The largest absolute Gasteiger partial charge is 0.370 e. The third-order valence-corrected chi connectivity index (χ3v) is 6.36. The Morgan fingerprint density at radius 3 is 2.79 bits per heavy atom. The molecule has 5 nitrogen and oxygen atoms in total. The number of thiophene rings is 1. The van der Waals surface area contributed by atoms with Crippen LogP contribution < -0.4 is 11.3 Å². The van der Waals surface area contributed by atoms with E-state index in [0.29, 0.717) is 11.8 Å². The van der Waals surface area contributed by atoms with Gasteiger partial charge in [-0.2, -0.15) is 0 Å². The zero-order valence-corrected chi connectivity index (χ0v) is 17.0. The fourth-order valence-corrected chi connectivity index (χ4v) is 5.00. The van der Waals surface area contributed by atoms with Crippen molar-refractivity contribution >= 4 is 27.5 Å². The highest BCUT2D eigenvalue weighted by Gasteiger charge is 2.18. The van der Waals surface area contributed by atoms with Crippen LogP contribution in [0.1, 0.15) is 49.6 Å². The SMILES string of the molecule is CCCc1nc2scc(-c3ccc4c(c3)CCCC4)c2c(=O)n1CCC(N)=O. The molecule has 1 aromatic carbocycles. The molecule has 2 heterocycles. The Balaban J connectivity index is 1.85. The summed E-state index contributed by atoms with van der Waals surface area (Å²) in [5.41, 5.74) is 10.1. The molecule has 0 atom stereocenters. The molecule has 0 spiro atoms. The van der Waals surface area contributed by atoms with E-state index in [1.54, 1.807) is 4.57 Å². The Morgan fingerprint density at radius 2 is 2.04 bits per heavy atom. The summed E-state index contributed by atoms with van der Waals surface area (Å²) in [6, 6.07) is 6.57. The van der Waals surface area contributed by atoms with E-state index in [0.717, 1.165) is 41.0 Å². The first-order chi connectivity index (χ1) is 13.6. The average Bonchev–Trinajstić information content (AvgIpc) is 3.11. The molecular weight excluding hydrogens is 370 g/mol. The van der Waals surface area contributed by atoms with E-state index in [2.05, 4.69) is 25.1 Å². The molecule has 4 rings (SSSR count). The van der Waals surface area contributed by atoms with Crippen molar-refractivity contribution in [2.24, 2.45) is 5.73 Å². The molecule has 0 fully saturated rings. The summed E-state index contributed by atoms with van der Waals surface area (Å²) in [4.78, 5) is 30.2. The molecule has 3 aromatic rings. The fourth-order valence-electron chi connectivity index (χ4n) is 4.05. The highest BCUT2D eigenvalue weighted by Crippen LogP contribution is 2.33. The van der Waals surface area contributed by atoms with Gasteiger partial charge in [-0.25, -0.2) is 4.98 Å². The van der Waals surface area contributed by atoms with Gasteiger partial charge in [0, 0.05) is 30.3 Å². The number of nitrogens with two attached hydrogens (primary N) is 1. The zero-order chi connectivity index (χ0) is 19.7. The van der Waals surface area contributed by atoms with Crippen LogP contribution in [-0.2, 0) is 30.6 Å². The van der Waals surface area contributed by atoms with Crippen LogP contribution in [0.4, 0.5) is 0 Å². The highest BCUT2D eigenvalue weighted by molar-refractivity contribution is 7.17. The molecule has 0 saturated carbocycles. The minimum atomic E-state index is -0.408. The summed E-state index contributed by atoms with van der Waals surface area (Å²) in [5, 5.41) is 2.70. The van der Waals surface area contributed by atoms with Crippen molar-refractivity contribution < 1.29 is 4.79 Å². The molecule has 0 bridgehead atoms. The summed E-state index contributed by atoms with van der Waals surface area (Å²) in [6.45, 7) is 2.34. The van der Waals surface area contributed by atoms with Crippen LogP contribution in [0.15, 0.2) is 28.4 Å². The maximum Gasteiger partial charge on any atom is 0.262 e. The summed E-state index contributed by atoms with van der Waals surface area (Å²) in [7, 11) is 0. The van der Waals surface area contributed by atoms with Crippen molar-refractivity contribution in [2.75, 3.05) is 0 Å². The number of carbonyl (C=O) groups is 1. The maximum atomic E-state index is 13.4. The van der Waals surface area contributed by atoms with Crippen molar-refractivity contribution in [1.82, 2.24) is 9.55 Å². The minimum absolute atomic E-state index is 0.0660. The molecule has 0 radical (unpaired) electrons. The second-order valence-corrected chi connectivity index (χ2v) is 8.33. The van der Waals surface area contributed by atoms with Crippen molar-refractivity contribution in [3.8, 4) is 11.1 Å². The van der Waals surface area contributed by atoms with E-state index in [4.69, 9.17) is 10.7 Å². The van der Waals surface area contributed by atoms with E-state index in [1.165, 1.54) is 35.3 Å². The van der Waals surface area contributed by atoms with Gasteiger partial charge in [0.25, 0.3) is 5.56 Å². The predicted molar refractivity (Wildman–Crippen MR) is 114 cm³/mol. The highest BCUT2D eigenvalue weighted by atomic mass is 32.1. The topological polar surface area (TPSA) is 78.0 Å². The summed E-state index contributed by atoms with van der Waals surface area (Å²) in [5.74, 6) is 0.328. The van der Waals surface area contributed by atoms with Gasteiger partial charge < -0.3 is 5.73 Å². The number of nitrogens with zero attached hydrogens (tertiary/aromatic N) is 2. The van der Waals surface area contributed by atoms with Gasteiger partial charge in [0.05, 0.1) is 5.39 Å². The standard InChI is InChI=1S/C22H25N3O2S/c1-2-5-19-24-21-20(22(27)25(19)11-10-18(23)26)17(13-28-21)16-9-8-14-6-3-4-7-15(14)12-16/h8-9,12-13H,2-7,10-11H2,1H3,(H2,23,26). The van der Waals surface area contributed by atoms with Gasteiger partial charge in [-0.05, 0) is 48.8 Å². The maximum absolute atomic E-state index is 13.4. The van der Waals surface area contributed by atoms with Crippen molar-refractivity contribution in [2.45, 2.75) is 58.4 Å². The van der Waals surface area contributed by atoms with Gasteiger partial charge in [-0.3, -0.25) is 14.2 Å². The van der Waals surface area contributed by atoms with Crippen LogP contribution in [0, 0.1) is 0 Å². The zero-order valence-electron chi connectivity index (χ0n) is 16.2. The molecule has 0 saturated heterocycles. The minimum Gasteiger partial charge on any atom is -0.370 e. The van der Waals surface area contributed by atoms with Gasteiger partial charge in [-0.1, -0.05) is 25.1 Å². The average molecular weight is 396 g/mol. The Kier molecular flexibility index (Phi) is 5.31. The lowest BCUT2D eigenvalue weighted by atomic mass is 9.89. The predicted octanol–water partition coefficient (Wildman–Crippen LogP) is 3.83. The van der Waals surface area contributed by atoms with Crippen LogP contribution in [0.2, 0.25) is 0 Å². The Bertz CT molecular complexity index is 1100. The lowest BCUT2D eigenvalue weighted by Crippen LogP contribution is -2.27. The second kappa shape index (κ2) is 7.87. The lowest BCUT2D eigenvalue weighted by Gasteiger charge is -2.16. The van der Waals surface area contributed by atoms with Crippen molar-refractivity contribution in [3.05, 3.63) is 50.9 Å². The number of amides is 1. The molecule has 1 aliphatic carbocycles. The van der Waals surface area contributed by atoms with Gasteiger partial charge in [0.2, 0.25) is 5.91 Å². The number of fused-ring (bicyclic) bond motifs is 2. The number of hydrogen-bond donors (Lipinski definition) is 1. The third-order valence-electron chi connectivity index (χ3n) is 5.49. The number of primary amides is 1. The van der Waals surface area contributed by atoms with Gasteiger partial charge in [-0.15, -0.1) is 11.3 Å². The third kappa shape index (κ3) is 3.49. The Hall–Kier alpha value is -2.47. The van der Waals surface area contributed by atoms with Crippen LogP contribution in [0.5, 0.6) is 0 Å². The number of aryl methyl sites for hydroxylation is 3. The quantitative estimate of drug-likeness (QED) is 0.689. The van der Waals surface area contributed by atoms with Gasteiger partial charge >= 0.3 is 0 Å². The number of carbonyl (C=O) groups excluding carboxylic acids is 1. The van der Waals surface area contributed by atoms with Crippen molar-refractivity contribution in [3.63, 3.8) is 0 Å². The lowest BCUT2D eigenvalue weighted by molar-refractivity contribution is -0.118. The molecule has 28 heavy (non-hydrogen) atoms. The Labute approximate surface area is 168 Å². The smallest absolute Gasteiger partial charge is 0.262 e. The van der Waals surface area contributed by atoms with Gasteiger partial charge in [0.15, 0.2) is 0 Å². The van der Waals surface area contributed by atoms with E-state index >= 15 is 0 Å². The van der Waals surface area contributed by atoms with Gasteiger partial charge in [0.1, 0.15) is 10.7 Å². The molecule has 0 aliphatic heterocycles. The van der Waals surface area contributed by atoms with Crippen molar-refractivity contribution in [1.29, 1.82) is 0 Å². The molecule has 0 unspecified atom stereocenters. The van der Waals surface area contributed by atoms with Crippen LogP contribution >= 0.6 is 11.3 Å². The van der Waals surface area contributed by atoms with E-state index in [9.17, 15) is 9.59 Å². The number of aromatic nitrogens is 2.